The van der Waals surface area contributed by atoms with Crippen molar-refractivity contribution >= 4 is 0 Å². The molecule has 0 unspecified atom stereocenters. The van der Waals surface area contributed by atoms with Crippen LogP contribution in [-0.2, 0) is 0 Å². The van der Waals surface area contributed by atoms with Gasteiger partial charge in [0.05, 0.1) is 5.60 Å². The average molecular weight is 286 g/mol. The lowest BCUT2D eigenvalue weighted by atomic mass is 9.77. The van der Waals surface area contributed by atoms with E-state index in [0.29, 0.717) is 17.8 Å². The monoisotopic (exact) mass is 286 g/mol. The average Bonchev–Trinajstić information content (AvgIpc) is 2.86. The zero-order valence-electron chi connectivity index (χ0n) is 14.0. The third-order valence-electron chi connectivity index (χ3n) is 6.53. The molecule has 0 aliphatic heterocycles. The van der Waals surface area contributed by atoms with Gasteiger partial charge in [-0.05, 0) is 75.5 Å². The van der Waals surface area contributed by atoms with Gasteiger partial charge in [0.15, 0.2) is 0 Å². The third-order valence-corrected chi connectivity index (χ3v) is 6.53. The van der Waals surface area contributed by atoms with E-state index in [-0.39, 0.29) is 5.41 Å². The number of allylic oxidation sites excluding steroid dienone is 5. The molecule has 0 aromatic rings. The predicted octanol–water partition coefficient (Wildman–Crippen LogP) is 4.89. The van der Waals surface area contributed by atoms with Gasteiger partial charge < -0.3 is 5.11 Å². The Morgan fingerprint density at radius 2 is 1.95 bits per heavy atom. The summed E-state index contributed by atoms with van der Waals surface area (Å²) >= 11 is 0. The van der Waals surface area contributed by atoms with Gasteiger partial charge in [0.25, 0.3) is 0 Å². The summed E-state index contributed by atoms with van der Waals surface area (Å²) in [5.74, 6) is 2.34. The number of hydrogen-bond acceptors (Lipinski definition) is 1. The fourth-order valence-electron chi connectivity index (χ4n) is 5.32. The van der Waals surface area contributed by atoms with Gasteiger partial charge in [0.2, 0.25) is 0 Å². The largest absolute Gasteiger partial charge is 0.390 e. The molecule has 0 spiro atoms. The molecular formula is C20H30O. The van der Waals surface area contributed by atoms with Gasteiger partial charge in [-0.1, -0.05) is 42.9 Å². The Kier molecular flexibility index (Phi) is 3.48. The fraction of sp³-hybridized carbons (Fsp3) is 0.700. The molecule has 21 heavy (non-hydrogen) atoms. The van der Waals surface area contributed by atoms with E-state index in [1.54, 1.807) is 0 Å². The molecule has 3 aliphatic carbocycles. The molecule has 0 saturated heterocycles. The maximum atomic E-state index is 10.9. The lowest BCUT2D eigenvalue weighted by Crippen LogP contribution is -2.35. The molecule has 1 N–H and O–H groups in total. The summed E-state index contributed by atoms with van der Waals surface area (Å²) in [6.45, 7) is 13.1. The number of hydrogen-bond donors (Lipinski definition) is 1. The van der Waals surface area contributed by atoms with E-state index in [4.69, 9.17) is 0 Å². The maximum absolute atomic E-state index is 10.9. The van der Waals surface area contributed by atoms with Crippen LogP contribution in [0.4, 0.5) is 0 Å². The summed E-state index contributed by atoms with van der Waals surface area (Å²) in [7, 11) is 0. The van der Waals surface area contributed by atoms with Gasteiger partial charge in [-0.2, -0.15) is 0 Å². The zero-order chi connectivity index (χ0) is 15.4. The molecule has 3 aliphatic rings. The maximum Gasteiger partial charge on any atom is 0.0656 e. The molecule has 6 atom stereocenters. The lowest BCUT2D eigenvalue weighted by molar-refractivity contribution is -0.000466. The SMILES string of the molecule is C=C1CC[C@@H]2[C@H]([C@H]3[C@H]1CC[C@]3(C)O)[C@@]2(C)/C=C/C=C(C)C. The second-order valence-electron chi connectivity index (χ2n) is 8.33. The second kappa shape index (κ2) is 4.84. The highest BCUT2D eigenvalue weighted by atomic mass is 16.3. The molecule has 1 heteroatoms. The summed E-state index contributed by atoms with van der Waals surface area (Å²) in [5, 5.41) is 10.9. The number of aliphatic hydroxyl groups is 1. The van der Waals surface area contributed by atoms with Gasteiger partial charge in [-0.15, -0.1) is 0 Å². The summed E-state index contributed by atoms with van der Waals surface area (Å²) in [4.78, 5) is 0. The molecule has 0 aromatic carbocycles. The Balaban J connectivity index is 1.89. The highest BCUT2D eigenvalue weighted by Crippen LogP contribution is 2.72. The number of fused-ring (bicyclic) bond motifs is 3. The van der Waals surface area contributed by atoms with Crippen LogP contribution in [0, 0.1) is 29.1 Å². The number of rotatable bonds is 2. The van der Waals surface area contributed by atoms with E-state index < -0.39 is 5.60 Å². The van der Waals surface area contributed by atoms with Crippen LogP contribution in [0.3, 0.4) is 0 Å². The molecule has 1 nitrogen and oxygen atoms in total. The van der Waals surface area contributed by atoms with E-state index >= 15 is 0 Å². The van der Waals surface area contributed by atoms with Gasteiger partial charge in [-0.25, -0.2) is 0 Å². The van der Waals surface area contributed by atoms with Crippen LogP contribution < -0.4 is 0 Å². The smallest absolute Gasteiger partial charge is 0.0656 e. The molecule has 0 amide bonds. The topological polar surface area (TPSA) is 20.2 Å². The van der Waals surface area contributed by atoms with E-state index in [1.165, 1.54) is 17.6 Å². The molecule has 3 fully saturated rings. The van der Waals surface area contributed by atoms with E-state index in [2.05, 4.69) is 52.5 Å². The molecule has 0 radical (unpaired) electrons. The molecule has 3 saturated carbocycles. The van der Waals surface area contributed by atoms with Crippen LogP contribution in [0.25, 0.3) is 0 Å². The van der Waals surface area contributed by atoms with Gasteiger partial charge in [0.1, 0.15) is 0 Å². The highest BCUT2D eigenvalue weighted by Gasteiger charge is 2.68. The Hall–Kier alpha value is -0.820. The van der Waals surface area contributed by atoms with Crippen molar-refractivity contribution in [2.75, 3.05) is 0 Å². The molecular weight excluding hydrogens is 256 g/mol. The second-order valence-corrected chi connectivity index (χ2v) is 8.33. The summed E-state index contributed by atoms with van der Waals surface area (Å²) in [6.07, 6.45) is 11.3. The van der Waals surface area contributed by atoms with Crippen molar-refractivity contribution < 1.29 is 5.11 Å². The standard InChI is InChI=1S/C20H30O/c1-13(2)7-6-11-19(4)16-9-8-14(3)15-10-12-20(5,21)17(15)18(16)19/h6-7,11,15-18,21H,3,8-10,12H2,1-2,4-5H3/b11-6+/t15-,16+,17+,18+,19-,20-/m0/s1. The Labute approximate surface area is 129 Å². The minimum absolute atomic E-state index is 0.282. The molecule has 3 rings (SSSR count). The summed E-state index contributed by atoms with van der Waals surface area (Å²) < 4.78 is 0. The third kappa shape index (κ3) is 2.34. The van der Waals surface area contributed by atoms with Crippen molar-refractivity contribution in [3.05, 3.63) is 36.0 Å². The normalized spacial score (nSPS) is 48.7. The van der Waals surface area contributed by atoms with Crippen molar-refractivity contribution in [1.82, 2.24) is 0 Å². The van der Waals surface area contributed by atoms with Crippen LogP contribution in [-0.4, -0.2) is 10.7 Å². The first kappa shape index (κ1) is 15.1. The van der Waals surface area contributed by atoms with Crippen molar-refractivity contribution in [3.8, 4) is 0 Å². The first-order valence-electron chi connectivity index (χ1n) is 8.50. The Morgan fingerprint density at radius 3 is 2.62 bits per heavy atom. The highest BCUT2D eigenvalue weighted by molar-refractivity contribution is 5.29. The van der Waals surface area contributed by atoms with Gasteiger partial charge in [0, 0.05) is 0 Å². The van der Waals surface area contributed by atoms with Crippen molar-refractivity contribution in [1.29, 1.82) is 0 Å². The zero-order valence-corrected chi connectivity index (χ0v) is 14.0. The van der Waals surface area contributed by atoms with E-state index in [0.717, 1.165) is 25.2 Å². The van der Waals surface area contributed by atoms with Crippen LogP contribution in [0.1, 0.15) is 53.4 Å². The van der Waals surface area contributed by atoms with Crippen molar-refractivity contribution in [3.63, 3.8) is 0 Å². The van der Waals surface area contributed by atoms with E-state index in [1.807, 2.05) is 0 Å². The van der Waals surface area contributed by atoms with Crippen LogP contribution >= 0.6 is 0 Å². The quantitative estimate of drug-likeness (QED) is 0.566. The van der Waals surface area contributed by atoms with Crippen LogP contribution in [0.15, 0.2) is 36.0 Å². The minimum Gasteiger partial charge on any atom is -0.390 e. The van der Waals surface area contributed by atoms with Crippen molar-refractivity contribution in [2.45, 2.75) is 59.0 Å². The molecule has 0 aromatic heterocycles. The van der Waals surface area contributed by atoms with E-state index in [9.17, 15) is 5.11 Å². The Bertz CT molecular complexity index is 506. The molecule has 116 valence electrons. The first-order valence-corrected chi connectivity index (χ1v) is 8.50. The minimum atomic E-state index is -0.497. The Morgan fingerprint density at radius 1 is 1.24 bits per heavy atom. The molecule has 0 heterocycles. The fourth-order valence-corrected chi connectivity index (χ4v) is 5.32. The van der Waals surface area contributed by atoms with Gasteiger partial charge >= 0.3 is 0 Å². The van der Waals surface area contributed by atoms with Crippen LogP contribution in [0.5, 0.6) is 0 Å². The molecule has 0 bridgehead atoms. The first-order chi connectivity index (χ1) is 9.77. The predicted molar refractivity (Wildman–Crippen MR) is 88.9 cm³/mol. The van der Waals surface area contributed by atoms with Gasteiger partial charge in [-0.3, -0.25) is 0 Å². The summed E-state index contributed by atoms with van der Waals surface area (Å²) in [5.41, 5.74) is 2.53. The van der Waals surface area contributed by atoms with Crippen molar-refractivity contribution in [2.24, 2.45) is 29.1 Å². The summed E-state index contributed by atoms with van der Waals surface area (Å²) in [6, 6.07) is 0. The van der Waals surface area contributed by atoms with Crippen LogP contribution in [0.2, 0.25) is 0 Å². The lowest BCUT2D eigenvalue weighted by Gasteiger charge is -2.31.